The first-order valence-corrected chi connectivity index (χ1v) is 6.91. The first-order valence-electron chi connectivity index (χ1n) is 6.53. The molecule has 0 unspecified atom stereocenters. The minimum Gasteiger partial charge on any atom is -0.469 e. The summed E-state index contributed by atoms with van der Waals surface area (Å²) in [6.45, 7) is 6.97. The summed E-state index contributed by atoms with van der Waals surface area (Å²) in [7, 11) is 1.33. The highest BCUT2D eigenvalue weighted by atomic mass is 35.5. The third-order valence-corrected chi connectivity index (χ3v) is 4.00. The Balaban J connectivity index is 2.79. The molecular weight excluding hydrogens is 292 g/mol. The lowest BCUT2D eigenvalue weighted by Crippen LogP contribution is -2.58. The van der Waals surface area contributed by atoms with Crippen LogP contribution in [-0.4, -0.2) is 24.6 Å². The van der Waals surface area contributed by atoms with Crippen LogP contribution < -0.4 is 10.6 Å². The number of amides is 2. The van der Waals surface area contributed by atoms with Crippen LogP contribution in [-0.2, 0) is 9.53 Å². The van der Waals surface area contributed by atoms with E-state index in [0.717, 1.165) is 0 Å². The fourth-order valence-corrected chi connectivity index (χ4v) is 1.87. The third-order valence-electron chi connectivity index (χ3n) is 3.77. The van der Waals surface area contributed by atoms with Gasteiger partial charge in [0.2, 0.25) is 0 Å². The number of nitrogens with one attached hydrogen (secondary N) is 2. The van der Waals surface area contributed by atoms with Crippen LogP contribution in [0.5, 0.6) is 0 Å². The molecule has 0 spiro atoms. The molecule has 2 amide bonds. The molecule has 1 aromatic carbocycles. The Morgan fingerprint density at radius 2 is 1.81 bits per heavy atom. The Hall–Kier alpha value is -1.75. The Labute approximate surface area is 130 Å². The van der Waals surface area contributed by atoms with E-state index in [1.807, 2.05) is 0 Å². The van der Waals surface area contributed by atoms with E-state index < -0.39 is 23.0 Å². The predicted molar refractivity (Wildman–Crippen MR) is 83.5 cm³/mol. The van der Waals surface area contributed by atoms with Crippen LogP contribution in [0.1, 0.15) is 27.7 Å². The van der Waals surface area contributed by atoms with E-state index in [4.69, 9.17) is 16.3 Å². The molecule has 0 bridgehead atoms. The van der Waals surface area contributed by atoms with Gasteiger partial charge in [0.15, 0.2) is 0 Å². The second-order valence-electron chi connectivity index (χ2n) is 5.83. The quantitative estimate of drug-likeness (QED) is 0.837. The van der Waals surface area contributed by atoms with Crippen molar-refractivity contribution < 1.29 is 14.3 Å². The van der Waals surface area contributed by atoms with Crippen molar-refractivity contribution in [1.29, 1.82) is 0 Å². The largest absolute Gasteiger partial charge is 0.469 e. The van der Waals surface area contributed by atoms with E-state index in [9.17, 15) is 9.59 Å². The fourth-order valence-electron chi connectivity index (χ4n) is 1.68. The minimum atomic E-state index is -0.882. The summed E-state index contributed by atoms with van der Waals surface area (Å²) in [5.74, 6) is -0.393. The average Bonchev–Trinajstić information content (AvgIpc) is 2.36. The molecule has 0 radical (unpaired) electrons. The van der Waals surface area contributed by atoms with Gasteiger partial charge in [0.25, 0.3) is 0 Å². The Morgan fingerprint density at radius 3 is 2.33 bits per heavy atom. The monoisotopic (exact) mass is 312 g/mol. The first-order chi connectivity index (χ1) is 9.60. The maximum absolute atomic E-state index is 12.1. The Kier molecular flexibility index (Phi) is 5.23. The van der Waals surface area contributed by atoms with Crippen molar-refractivity contribution in [3.05, 3.63) is 29.3 Å². The van der Waals surface area contributed by atoms with Crippen LogP contribution >= 0.6 is 11.6 Å². The van der Waals surface area contributed by atoms with Gasteiger partial charge in [-0.15, -0.1) is 0 Å². The summed E-state index contributed by atoms with van der Waals surface area (Å²) >= 11 is 5.86. The summed E-state index contributed by atoms with van der Waals surface area (Å²) in [6, 6.07) is 6.40. The van der Waals surface area contributed by atoms with Crippen molar-refractivity contribution in [2.24, 2.45) is 5.41 Å². The standard InChI is InChI=1S/C15H21ClN2O3/c1-14(2,12(19)21-5)15(3,4)18-13(20)17-11-8-6-7-10(16)9-11/h6-9H,1-5H3,(H2,17,18,20). The molecule has 2 N–H and O–H groups in total. The van der Waals surface area contributed by atoms with Crippen molar-refractivity contribution >= 4 is 29.3 Å². The lowest BCUT2D eigenvalue weighted by Gasteiger charge is -2.39. The highest BCUT2D eigenvalue weighted by molar-refractivity contribution is 6.30. The maximum Gasteiger partial charge on any atom is 0.319 e. The zero-order chi connectivity index (χ0) is 16.3. The molecular formula is C15H21ClN2O3. The smallest absolute Gasteiger partial charge is 0.319 e. The summed E-state index contributed by atoms with van der Waals surface area (Å²) < 4.78 is 4.79. The van der Waals surface area contributed by atoms with Gasteiger partial charge in [-0.25, -0.2) is 4.79 Å². The van der Waals surface area contributed by atoms with Gasteiger partial charge in [-0.3, -0.25) is 4.79 Å². The molecule has 0 aliphatic rings. The van der Waals surface area contributed by atoms with Crippen LogP contribution in [0.2, 0.25) is 5.02 Å². The van der Waals surface area contributed by atoms with Gasteiger partial charge >= 0.3 is 12.0 Å². The molecule has 116 valence electrons. The van der Waals surface area contributed by atoms with Crippen LogP contribution in [0.3, 0.4) is 0 Å². The molecule has 0 saturated heterocycles. The van der Waals surface area contributed by atoms with Gasteiger partial charge in [-0.05, 0) is 45.9 Å². The number of carbonyl (C=O) groups excluding carboxylic acids is 2. The SMILES string of the molecule is COC(=O)C(C)(C)C(C)(C)NC(=O)Nc1cccc(Cl)c1. The van der Waals surface area contributed by atoms with E-state index in [2.05, 4.69) is 10.6 Å². The van der Waals surface area contributed by atoms with E-state index in [1.165, 1.54) is 7.11 Å². The molecule has 1 rings (SSSR count). The number of carbonyl (C=O) groups is 2. The average molecular weight is 313 g/mol. The van der Waals surface area contributed by atoms with E-state index in [-0.39, 0.29) is 0 Å². The first kappa shape index (κ1) is 17.3. The zero-order valence-corrected chi connectivity index (χ0v) is 13.7. The number of rotatable bonds is 4. The topological polar surface area (TPSA) is 67.4 Å². The number of anilines is 1. The number of halogens is 1. The molecule has 0 fully saturated rings. The highest BCUT2D eigenvalue weighted by Crippen LogP contribution is 2.31. The van der Waals surface area contributed by atoms with Crippen LogP contribution in [0.25, 0.3) is 0 Å². The molecule has 6 heteroatoms. The van der Waals surface area contributed by atoms with Crippen molar-refractivity contribution in [3.63, 3.8) is 0 Å². The van der Waals surface area contributed by atoms with Gasteiger partial charge in [0.1, 0.15) is 0 Å². The molecule has 0 atom stereocenters. The van der Waals surface area contributed by atoms with Crippen LogP contribution in [0, 0.1) is 5.41 Å². The summed E-state index contributed by atoms with van der Waals surface area (Å²) in [5, 5.41) is 6.00. The second kappa shape index (κ2) is 6.35. The predicted octanol–water partition coefficient (Wildman–Crippen LogP) is 3.44. The normalized spacial score (nSPS) is 11.7. The van der Waals surface area contributed by atoms with Crippen molar-refractivity contribution in [2.45, 2.75) is 33.2 Å². The minimum absolute atomic E-state index is 0.393. The number of methoxy groups -OCH3 is 1. The van der Waals surface area contributed by atoms with Gasteiger partial charge in [-0.1, -0.05) is 17.7 Å². The fraction of sp³-hybridized carbons (Fsp3) is 0.467. The lowest BCUT2D eigenvalue weighted by atomic mass is 9.74. The number of benzene rings is 1. The molecule has 5 nitrogen and oxygen atoms in total. The number of hydrogen-bond donors (Lipinski definition) is 2. The van der Waals surface area contributed by atoms with E-state index >= 15 is 0 Å². The molecule has 0 aliphatic heterocycles. The number of urea groups is 1. The molecule has 21 heavy (non-hydrogen) atoms. The lowest BCUT2D eigenvalue weighted by molar-refractivity contribution is -0.154. The summed E-state index contributed by atoms with van der Waals surface area (Å²) in [6.07, 6.45) is 0. The number of ether oxygens (including phenoxy) is 1. The molecule has 0 aromatic heterocycles. The Bertz CT molecular complexity index is 541. The molecule has 0 aliphatic carbocycles. The van der Waals surface area contributed by atoms with Gasteiger partial charge in [-0.2, -0.15) is 0 Å². The zero-order valence-electron chi connectivity index (χ0n) is 12.9. The summed E-state index contributed by atoms with van der Waals surface area (Å²) in [5.41, 5.74) is -1.11. The maximum atomic E-state index is 12.1. The highest BCUT2D eigenvalue weighted by Gasteiger charge is 2.45. The van der Waals surface area contributed by atoms with Crippen molar-refractivity contribution in [3.8, 4) is 0 Å². The third kappa shape index (κ3) is 4.11. The Morgan fingerprint density at radius 1 is 1.19 bits per heavy atom. The molecule has 0 saturated carbocycles. The number of hydrogen-bond acceptors (Lipinski definition) is 3. The van der Waals surface area contributed by atoms with Crippen molar-refractivity contribution in [1.82, 2.24) is 5.32 Å². The van der Waals surface area contributed by atoms with Crippen LogP contribution in [0.4, 0.5) is 10.5 Å². The van der Waals surface area contributed by atoms with E-state index in [1.54, 1.807) is 52.0 Å². The van der Waals surface area contributed by atoms with E-state index in [0.29, 0.717) is 10.7 Å². The number of esters is 1. The second-order valence-corrected chi connectivity index (χ2v) is 6.27. The molecule has 1 aromatic rings. The molecule has 0 heterocycles. The van der Waals surface area contributed by atoms with Gasteiger partial charge in [0, 0.05) is 10.7 Å². The van der Waals surface area contributed by atoms with Gasteiger partial charge in [0.05, 0.1) is 18.1 Å². The van der Waals surface area contributed by atoms with Crippen LogP contribution in [0.15, 0.2) is 24.3 Å². The summed E-state index contributed by atoms with van der Waals surface area (Å²) in [4.78, 5) is 23.9. The van der Waals surface area contributed by atoms with Crippen molar-refractivity contribution in [2.75, 3.05) is 12.4 Å². The van der Waals surface area contributed by atoms with Gasteiger partial charge < -0.3 is 15.4 Å².